The number of benzene rings is 1. The monoisotopic (exact) mass is 491 g/mol. The SMILES string of the molecule is CC(C)(O)c1cccc(-n2ncc3c(N4CC(N5CCCC5=O)C4)nc(N[C@H]4C[C@](C)(O)C4)nc32)c1. The number of nitrogens with one attached hydrogen (secondary N) is 1. The molecular weight excluding hydrogens is 458 g/mol. The lowest BCUT2D eigenvalue weighted by Gasteiger charge is -2.45. The predicted octanol–water partition coefficient (Wildman–Crippen LogP) is 2.18. The van der Waals surface area contributed by atoms with Crippen LogP contribution in [0, 0.1) is 0 Å². The Kier molecular flexibility index (Phi) is 5.24. The number of carbonyl (C=O) groups is 1. The zero-order valence-electron chi connectivity index (χ0n) is 21.0. The predicted molar refractivity (Wildman–Crippen MR) is 136 cm³/mol. The van der Waals surface area contributed by atoms with E-state index in [4.69, 9.17) is 9.97 Å². The van der Waals surface area contributed by atoms with Crippen molar-refractivity contribution in [3.8, 4) is 5.69 Å². The van der Waals surface area contributed by atoms with Crippen LogP contribution in [-0.2, 0) is 10.4 Å². The number of fused-ring (bicyclic) bond motifs is 1. The molecule has 10 heteroatoms. The third-order valence-corrected chi connectivity index (χ3v) is 7.62. The minimum Gasteiger partial charge on any atom is -0.390 e. The highest BCUT2D eigenvalue weighted by atomic mass is 16.3. The van der Waals surface area contributed by atoms with E-state index >= 15 is 0 Å². The molecule has 36 heavy (non-hydrogen) atoms. The van der Waals surface area contributed by atoms with Gasteiger partial charge in [-0.1, -0.05) is 12.1 Å². The first-order valence-electron chi connectivity index (χ1n) is 12.7. The Bertz CT molecular complexity index is 1310. The van der Waals surface area contributed by atoms with Crippen LogP contribution in [0.3, 0.4) is 0 Å². The fourth-order valence-electron chi connectivity index (χ4n) is 5.57. The van der Waals surface area contributed by atoms with Gasteiger partial charge < -0.3 is 25.3 Å². The molecule has 0 bridgehead atoms. The molecule has 0 unspecified atom stereocenters. The summed E-state index contributed by atoms with van der Waals surface area (Å²) < 4.78 is 1.78. The van der Waals surface area contributed by atoms with E-state index in [1.165, 1.54) is 0 Å². The van der Waals surface area contributed by atoms with Crippen molar-refractivity contribution in [3.05, 3.63) is 36.0 Å². The molecule has 1 aromatic carbocycles. The number of aromatic nitrogens is 4. The van der Waals surface area contributed by atoms with Crippen molar-refractivity contribution in [1.29, 1.82) is 0 Å². The van der Waals surface area contributed by atoms with E-state index in [-0.39, 0.29) is 18.0 Å². The van der Waals surface area contributed by atoms with E-state index in [0.717, 1.165) is 48.5 Å². The maximum absolute atomic E-state index is 12.2. The summed E-state index contributed by atoms with van der Waals surface area (Å²) in [6, 6.07) is 7.97. The minimum absolute atomic E-state index is 0.103. The van der Waals surface area contributed by atoms with Crippen LogP contribution < -0.4 is 10.2 Å². The van der Waals surface area contributed by atoms with Crippen LogP contribution in [0.25, 0.3) is 16.7 Å². The quantitative estimate of drug-likeness (QED) is 0.480. The zero-order valence-corrected chi connectivity index (χ0v) is 21.0. The Morgan fingerprint density at radius 2 is 1.97 bits per heavy atom. The second-order valence-electron chi connectivity index (χ2n) is 11.3. The molecule has 1 saturated carbocycles. The number of amides is 1. The molecule has 2 saturated heterocycles. The summed E-state index contributed by atoms with van der Waals surface area (Å²) in [6.45, 7) is 7.65. The van der Waals surface area contributed by atoms with Crippen LogP contribution in [0.15, 0.2) is 30.5 Å². The van der Waals surface area contributed by atoms with Crippen molar-refractivity contribution in [2.75, 3.05) is 29.9 Å². The Hall–Kier alpha value is -3.24. The van der Waals surface area contributed by atoms with Gasteiger partial charge in [-0.3, -0.25) is 4.79 Å². The molecule has 3 aliphatic rings. The standard InChI is InChI=1S/C26H33N7O3/c1-25(2,35)16-6-4-7-18(10-16)33-23-20(13-27-33)22(29-24(30-23)28-17-11-26(3,36)12-17)31-14-19(15-31)32-9-5-8-21(32)34/h4,6-7,10,13,17,19,35-36H,5,8-9,11-12,14-15H2,1-3H3,(H,28,29,30)/t17-,26-. The van der Waals surface area contributed by atoms with Crippen LogP contribution in [0.2, 0.25) is 0 Å². The molecule has 1 aliphatic carbocycles. The molecule has 3 fully saturated rings. The molecule has 3 aromatic rings. The van der Waals surface area contributed by atoms with Crippen molar-refractivity contribution in [2.45, 2.75) is 69.7 Å². The van der Waals surface area contributed by atoms with Crippen LogP contribution in [0.1, 0.15) is 52.0 Å². The number of rotatable bonds is 6. The highest BCUT2D eigenvalue weighted by molar-refractivity contribution is 5.90. The van der Waals surface area contributed by atoms with Crippen LogP contribution >= 0.6 is 0 Å². The van der Waals surface area contributed by atoms with Gasteiger partial charge in [0.25, 0.3) is 0 Å². The summed E-state index contributed by atoms with van der Waals surface area (Å²) >= 11 is 0. The number of hydrogen-bond donors (Lipinski definition) is 3. The van der Waals surface area contributed by atoms with Gasteiger partial charge in [-0.15, -0.1) is 0 Å². The zero-order chi connectivity index (χ0) is 25.2. The van der Waals surface area contributed by atoms with Gasteiger partial charge >= 0.3 is 0 Å². The van der Waals surface area contributed by atoms with Crippen molar-refractivity contribution in [3.63, 3.8) is 0 Å². The van der Waals surface area contributed by atoms with E-state index in [0.29, 0.717) is 30.9 Å². The van der Waals surface area contributed by atoms with Crippen LogP contribution in [0.4, 0.5) is 11.8 Å². The fourth-order valence-corrected chi connectivity index (χ4v) is 5.57. The molecule has 0 radical (unpaired) electrons. The summed E-state index contributed by atoms with van der Waals surface area (Å²) in [5.74, 6) is 1.53. The molecule has 6 rings (SSSR count). The van der Waals surface area contributed by atoms with Crippen molar-refractivity contribution < 1.29 is 15.0 Å². The molecule has 0 atom stereocenters. The number of anilines is 2. The highest BCUT2D eigenvalue weighted by Crippen LogP contribution is 2.36. The summed E-state index contributed by atoms with van der Waals surface area (Å²) in [5, 5.41) is 29.6. The van der Waals surface area contributed by atoms with Crippen LogP contribution in [0.5, 0.6) is 0 Å². The highest BCUT2D eigenvalue weighted by Gasteiger charge is 2.40. The maximum Gasteiger partial charge on any atom is 0.226 e. The second-order valence-corrected chi connectivity index (χ2v) is 11.3. The maximum atomic E-state index is 12.2. The molecule has 1 amide bonds. The Morgan fingerprint density at radius 1 is 1.19 bits per heavy atom. The Morgan fingerprint density at radius 3 is 2.64 bits per heavy atom. The average molecular weight is 492 g/mol. The lowest BCUT2D eigenvalue weighted by atomic mass is 9.77. The number of aliphatic hydroxyl groups is 2. The van der Waals surface area contributed by atoms with Gasteiger partial charge in [-0.2, -0.15) is 15.1 Å². The molecule has 10 nitrogen and oxygen atoms in total. The summed E-state index contributed by atoms with van der Waals surface area (Å²) in [7, 11) is 0. The Labute approximate surface area is 209 Å². The lowest BCUT2D eigenvalue weighted by molar-refractivity contribution is -0.130. The molecule has 3 N–H and O–H groups in total. The minimum atomic E-state index is -0.980. The summed E-state index contributed by atoms with van der Waals surface area (Å²) in [4.78, 5) is 26.1. The normalized spacial score (nSPS) is 24.8. The van der Waals surface area contributed by atoms with Gasteiger partial charge in [0.1, 0.15) is 5.82 Å². The van der Waals surface area contributed by atoms with Gasteiger partial charge in [0, 0.05) is 32.1 Å². The summed E-state index contributed by atoms with van der Waals surface area (Å²) in [5.41, 5.74) is 0.621. The van der Waals surface area contributed by atoms with E-state index < -0.39 is 11.2 Å². The van der Waals surface area contributed by atoms with Crippen LogP contribution in [-0.4, -0.2) is 78.1 Å². The fraction of sp³-hybridized carbons (Fsp3) is 0.538. The lowest BCUT2D eigenvalue weighted by Crippen LogP contribution is -2.60. The van der Waals surface area contributed by atoms with Gasteiger partial charge in [-0.05, 0) is 57.7 Å². The van der Waals surface area contributed by atoms with Gasteiger partial charge in [0.2, 0.25) is 11.9 Å². The first kappa shape index (κ1) is 23.2. The first-order chi connectivity index (χ1) is 17.1. The first-order valence-corrected chi connectivity index (χ1v) is 12.7. The number of nitrogens with zero attached hydrogens (tertiary/aromatic N) is 6. The van der Waals surface area contributed by atoms with E-state index in [2.05, 4.69) is 15.3 Å². The Balaban J connectivity index is 1.36. The third kappa shape index (κ3) is 4.08. The number of likely N-dealkylation sites (tertiary alicyclic amines) is 1. The molecule has 190 valence electrons. The molecule has 2 aromatic heterocycles. The number of hydrogen-bond acceptors (Lipinski definition) is 8. The van der Waals surface area contributed by atoms with Gasteiger partial charge in [-0.25, -0.2) is 4.68 Å². The van der Waals surface area contributed by atoms with E-state index in [1.54, 1.807) is 24.7 Å². The smallest absolute Gasteiger partial charge is 0.226 e. The van der Waals surface area contributed by atoms with Crippen molar-refractivity contribution in [2.24, 2.45) is 0 Å². The topological polar surface area (TPSA) is 120 Å². The largest absolute Gasteiger partial charge is 0.390 e. The summed E-state index contributed by atoms with van der Waals surface area (Å²) in [6.07, 6.45) is 4.64. The van der Waals surface area contributed by atoms with Gasteiger partial charge in [0.15, 0.2) is 5.65 Å². The molecule has 4 heterocycles. The number of carbonyl (C=O) groups excluding carboxylic acids is 1. The second kappa shape index (κ2) is 8.14. The van der Waals surface area contributed by atoms with E-state index in [1.807, 2.05) is 36.1 Å². The van der Waals surface area contributed by atoms with Gasteiger partial charge in [0.05, 0.1) is 34.5 Å². The molecule has 0 spiro atoms. The average Bonchev–Trinajstić information content (AvgIpc) is 3.37. The molecular formula is C26H33N7O3. The van der Waals surface area contributed by atoms with E-state index in [9.17, 15) is 15.0 Å². The van der Waals surface area contributed by atoms with Crippen molar-refractivity contribution in [1.82, 2.24) is 24.6 Å². The molecule has 2 aliphatic heterocycles. The third-order valence-electron chi connectivity index (χ3n) is 7.62. The van der Waals surface area contributed by atoms with Crippen molar-refractivity contribution >= 4 is 28.7 Å².